The summed E-state index contributed by atoms with van der Waals surface area (Å²) < 4.78 is 10.7. The number of benzene rings is 2. The van der Waals surface area contributed by atoms with Gasteiger partial charge in [-0.2, -0.15) is 0 Å². The smallest absolute Gasteiger partial charge is 0.222 e. The molecule has 29 heavy (non-hydrogen) atoms. The van der Waals surface area contributed by atoms with Gasteiger partial charge in [0.2, 0.25) is 11.8 Å². The van der Waals surface area contributed by atoms with Gasteiger partial charge in [0, 0.05) is 25.1 Å². The summed E-state index contributed by atoms with van der Waals surface area (Å²) in [4.78, 5) is 26.8. The molecule has 2 unspecified atom stereocenters. The van der Waals surface area contributed by atoms with Crippen LogP contribution in [-0.2, 0) is 16.0 Å². The number of nitrogens with one attached hydrogen (secondary N) is 1. The second kappa shape index (κ2) is 8.99. The lowest BCUT2D eigenvalue weighted by Crippen LogP contribution is -2.41. The summed E-state index contributed by atoms with van der Waals surface area (Å²) >= 11 is 0. The van der Waals surface area contributed by atoms with Crippen LogP contribution in [0.1, 0.15) is 49.0 Å². The van der Waals surface area contributed by atoms with Gasteiger partial charge in [0.25, 0.3) is 0 Å². The minimum atomic E-state index is -0.248. The Kier molecular flexibility index (Phi) is 6.42. The summed E-state index contributed by atoms with van der Waals surface area (Å²) in [5, 5.41) is 3.05. The summed E-state index contributed by atoms with van der Waals surface area (Å²) in [6.07, 6.45) is 1.03. The molecule has 6 heteroatoms. The third kappa shape index (κ3) is 4.53. The number of carbonyl (C=O) groups is 2. The summed E-state index contributed by atoms with van der Waals surface area (Å²) in [7, 11) is 3.19. The van der Waals surface area contributed by atoms with Crippen molar-refractivity contribution >= 4 is 11.8 Å². The minimum Gasteiger partial charge on any atom is -0.497 e. The van der Waals surface area contributed by atoms with E-state index in [0.717, 1.165) is 17.5 Å². The van der Waals surface area contributed by atoms with Gasteiger partial charge >= 0.3 is 0 Å². The lowest BCUT2D eigenvalue weighted by molar-refractivity contribution is -0.133. The molecule has 1 heterocycles. The number of nitrogens with zero attached hydrogens (tertiary/aromatic N) is 1. The Bertz CT molecular complexity index is 896. The number of hydrogen-bond acceptors (Lipinski definition) is 4. The maximum Gasteiger partial charge on any atom is 0.222 e. The topological polar surface area (TPSA) is 67.9 Å². The predicted molar refractivity (Wildman–Crippen MR) is 111 cm³/mol. The van der Waals surface area contributed by atoms with Crippen molar-refractivity contribution in [3.05, 3.63) is 59.2 Å². The van der Waals surface area contributed by atoms with Gasteiger partial charge in [-0.25, -0.2) is 0 Å². The van der Waals surface area contributed by atoms with E-state index in [0.29, 0.717) is 18.0 Å². The van der Waals surface area contributed by atoms with E-state index in [1.165, 1.54) is 5.56 Å². The molecule has 2 amide bonds. The lowest BCUT2D eigenvalue weighted by atomic mass is 9.90. The zero-order valence-corrected chi connectivity index (χ0v) is 17.4. The Hall–Kier alpha value is -3.02. The fourth-order valence-electron chi connectivity index (χ4n) is 3.98. The summed E-state index contributed by atoms with van der Waals surface area (Å²) in [5.74, 6) is 1.23. The van der Waals surface area contributed by atoms with E-state index in [2.05, 4.69) is 11.4 Å². The normalized spacial score (nSPS) is 16.6. The zero-order valence-electron chi connectivity index (χ0n) is 17.4. The molecular formula is C23H28N2O4. The molecule has 3 rings (SSSR count). The van der Waals surface area contributed by atoms with Crippen LogP contribution in [0.2, 0.25) is 0 Å². The first-order valence-corrected chi connectivity index (χ1v) is 9.81. The van der Waals surface area contributed by atoms with Crippen LogP contribution in [0.15, 0.2) is 42.5 Å². The van der Waals surface area contributed by atoms with Crippen molar-refractivity contribution in [1.29, 1.82) is 0 Å². The Morgan fingerprint density at radius 2 is 1.93 bits per heavy atom. The standard InChI is InChI=1S/C23H28N2O4/c1-15(19-10-9-18(28-3)13-22(19)29-4)24-23(27)14-21-20-8-6-5-7-17(20)11-12-25(21)16(2)26/h5-10,13,15,21H,11-12,14H2,1-4H3,(H,24,27). The fourth-order valence-corrected chi connectivity index (χ4v) is 3.98. The third-order valence-corrected chi connectivity index (χ3v) is 5.48. The summed E-state index contributed by atoms with van der Waals surface area (Å²) in [6, 6.07) is 13.1. The monoisotopic (exact) mass is 396 g/mol. The molecule has 1 N–H and O–H groups in total. The van der Waals surface area contributed by atoms with E-state index >= 15 is 0 Å². The van der Waals surface area contributed by atoms with Crippen molar-refractivity contribution in [3.8, 4) is 11.5 Å². The Labute approximate surface area is 171 Å². The number of ether oxygens (including phenoxy) is 2. The largest absolute Gasteiger partial charge is 0.497 e. The first kappa shape index (κ1) is 20.7. The molecule has 0 saturated carbocycles. The average molecular weight is 396 g/mol. The maximum atomic E-state index is 12.9. The van der Waals surface area contributed by atoms with Crippen molar-refractivity contribution < 1.29 is 19.1 Å². The van der Waals surface area contributed by atoms with Gasteiger partial charge in [0.05, 0.1) is 32.7 Å². The summed E-state index contributed by atoms with van der Waals surface area (Å²) in [6.45, 7) is 4.11. The van der Waals surface area contributed by atoms with Crippen LogP contribution in [0.5, 0.6) is 11.5 Å². The predicted octanol–water partition coefficient (Wildman–Crippen LogP) is 3.42. The van der Waals surface area contributed by atoms with E-state index in [1.807, 2.05) is 37.3 Å². The molecule has 0 radical (unpaired) electrons. The van der Waals surface area contributed by atoms with Crippen molar-refractivity contribution in [1.82, 2.24) is 10.2 Å². The highest BCUT2D eigenvalue weighted by Gasteiger charge is 2.31. The van der Waals surface area contributed by atoms with Crippen molar-refractivity contribution in [3.63, 3.8) is 0 Å². The Morgan fingerprint density at radius 1 is 1.17 bits per heavy atom. The first-order valence-electron chi connectivity index (χ1n) is 9.81. The zero-order chi connectivity index (χ0) is 21.0. The number of carbonyl (C=O) groups excluding carboxylic acids is 2. The highest BCUT2D eigenvalue weighted by Crippen LogP contribution is 2.33. The van der Waals surface area contributed by atoms with Crippen LogP contribution in [0.4, 0.5) is 0 Å². The van der Waals surface area contributed by atoms with Gasteiger partial charge in [-0.3, -0.25) is 9.59 Å². The van der Waals surface area contributed by atoms with E-state index < -0.39 is 0 Å². The molecule has 2 aromatic carbocycles. The van der Waals surface area contributed by atoms with Crippen LogP contribution in [0, 0.1) is 0 Å². The van der Waals surface area contributed by atoms with E-state index in [9.17, 15) is 9.59 Å². The van der Waals surface area contributed by atoms with Gasteiger partial charge in [0.1, 0.15) is 11.5 Å². The molecule has 0 spiro atoms. The molecule has 0 aliphatic carbocycles. The number of hydrogen-bond donors (Lipinski definition) is 1. The lowest BCUT2D eigenvalue weighted by Gasteiger charge is -2.36. The van der Waals surface area contributed by atoms with E-state index in [1.54, 1.807) is 32.1 Å². The van der Waals surface area contributed by atoms with Gasteiger partial charge in [0.15, 0.2) is 0 Å². The quantitative estimate of drug-likeness (QED) is 0.812. The first-order chi connectivity index (χ1) is 13.9. The van der Waals surface area contributed by atoms with Crippen LogP contribution >= 0.6 is 0 Å². The van der Waals surface area contributed by atoms with Gasteiger partial charge in [-0.1, -0.05) is 24.3 Å². The minimum absolute atomic E-state index is 0.0119. The van der Waals surface area contributed by atoms with Crippen molar-refractivity contribution in [2.45, 2.75) is 38.8 Å². The summed E-state index contributed by atoms with van der Waals surface area (Å²) in [5.41, 5.74) is 3.13. The fraction of sp³-hybridized carbons (Fsp3) is 0.391. The maximum absolute atomic E-state index is 12.9. The highest BCUT2D eigenvalue weighted by molar-refractivity contribution is 5.80. The Balaban J connectivity index is 1.76. The molecule has 1 aliphatic rings. The molecular weight excluding hydrogens is 368 g/mol. The second-order valence-electron chi connectivity index (χ2n) is 7.28. The van der Waals surface area contributed by atoms with Gasteiger partial charge in [-0.05, 0) is 36.6 Å². The third-order valence-electron chi connectivity index (χ3n) is 5.48. The number of fused-ring (bicyclic) bond motifs is 1. The molecule has 6 nitrogen and oxygen atoms in total. The van der Waals surface area contributed by atoms with Crippen LogP contribution in [-0.4, -0.2) is 37.5 Å². The van der Waals surface area contributed by atoms with Crippen molar-refractivity contribution in [2.24, 2.45) is 0 Å². The van der Waals surface area contributed by atoms with Crippen LogP contribution < -0.4 is 14.8 Å². The van der Waals surface area contributed by atoms with E-state index in [4.69, 9.17) is 9.47 Å². The molecule has 0 fully saturated rings. The van der Waals surface area contributed by atoms with Crippen LogP contribution in [0.25, 0.3) is 0 Å². The highest BCUT2D eigenvalue weighted by atomic mass is 16.5. The second-order valence-corrected chi connectivity index (χ2v) is 7.28. The molecule has 0 saturated heterocycles. The molecule has 154 valence electrons. The van der Waals surface area contributed by atoms with Gasteiger partial charge in [-0.15, -0.1) is 0 Å². The average Bonchev–Trinajstić information content (AvgIpc) is 2.73. The van der Waals surface area contributed by atoms with E-state index in [-0.39, 0.29) is 30.3 Å². The van der Waals surface area contributed by atoms with Gasteiger partial charge < -0.3 is 19.7 Å². The molecule has 0 bridgehead atoms. The Morgan fingerprint density at radius 3 is 2.62 bits per heavy atom. The number of rotatable bonds is 6. The molecule has 2 atom stereocenters. The molecule has 0 aromatic heterocycles. The molecule has 2 aromatic rings. The molecule has 1 aliphatic heterocycles. The SMILES string of the molecule is COc1ccc(C(C)NC(=O)CC2c3ccccc3CCN2C(C)=O)c(OC)c1. The van der Waals surface area contributed by atoms with Crippen LogP contribution in [0.3, 0.4) is 0 Å². The number of amides is 2. The van der Waals surface area contributed by atoms with Crippen molar-refractivity contribution in [2.75, 3.05) is 20.8 Å². The number of methoxy groups -OCH3 is 2.